The molecule has 15 nitrogen and oxygen atoms in total. The van der Waals surface area contributed by atoms with E-state index in [1.165, 1.54) is 122 Å². The van der Waals surface area contributed by atoms with Crippen molar-refractivity contribution in [1.29, 1.82) is 0 Å². The molecule has 0 spiro atoms. The second kappa shape index (κ2) is 44.6. The third-order valence-corrected chi connectivity index (χ3v) is 13.6. The number of carbonyl (C=O) groups is 2. The molecule has 15 heteroatoms. The molecule has 2 rings (SSSR count). The van der Waals surface area contributed by atoms with Crippen molar-refractivity contribution in [3.63, 3.8) is 0 Å². The number of unbranched alkanes of at least 4 members (excludes halogenated alkanes) is 23. The number of aliphatic hydroxyl groups excluding tert-OH is 7. The molecule has 2 heterocycles. The Morgan fingerprint density at radius 3 is 1.33 bits per heavy atom. The van der Waals surface area contributed by atoms with Crippen LogP contribution in [0, 0.1) is 0 Å². The van der Waals surface area contributed by atoms with E-state index in [2.05, 4.69) is 50.3 Å². The second-order valence-electron chi connectivity index (χ2n) is 20.1. The summed E-state index contributed by atoms with van der Waals surface area (Å²) >= 11 is 0. The molecular weight excluding hydrogens is 937 g/mol. The highest BCUT2D eigenvalue weighted by Gasteiger charge is 2.47. The molecule has 0 aromatic heterocycles. The van der Waals surface area contributed by atoms with E-state index >= 15 is 0 Å². The van der Waals surface area contributed by atoms with E-state index < -0.39 is 99.3 Å². The molecule has 73 heavy (non-hydrogen) atoms. The summed E-state index contributed by atoms with van der Waals surface area (Å²) in [5.74, 6) is -0.983. The average Bonchev–Trinajstić information content (AvgIpc) is 3.38. The molecule has 7 N–H and O–H groups in total. The zero-order valence-corrected chi connectivity index (χ0v) is 45.1. The Balaban J connectivity index is 1.78. The van der Waals surface area contributed by atoms with Gasteiger partial charge >= 0.3 is 11.9 Å². The van der Waals surface area contributed by atoms with Gasteiger partial charge in [0.25, 0.3) is 0 Å². The topological polar surface area (TPSA) is 231 Å². The van der Waals surface area contributed by atoms with Gasteiger partial charge in [0.2, 0.25) is 0 Å². The molecule has 2 fully saturated rings. The van der Waals surface area contributed by atoms with E-state index in [4.69, 9.17) is 28.4 Å². The van der Waals surface area contributed by atoms with E-state index in [-0.39, 0.29) is 19.4 Å². The molecule has 424 valence electrons. The van der Waals surface area contributed by atoms with Crippen molar-refractivity contribution in [3.8, 4) is 0 Å². The zero-order valence-electron chi connectivity index (χ0n) is 45.1. The second-order valence-corrected chi connectivity index (χ2v) is 20.1. The van der Waals surface area contributed by atoms with Crippen LogP contribution in [0.15, 0.2) is 48.6 Å². The number of carbonyl (C=O) groups excluding carboxylic acids is 2. The van der Waals surface area contributed by atoms with Gasteiger partial charge in [0.15, 0.2) is 18.7 Å². The smallest absolute Gasteiger partial charge is 0.306 e. The van der Waals surface area contributed by atoms with Gasteiger partial charge in [0.1, 0.15) is 55.4 Å². The molecule has 0 aliphatic carbocycles. The highest BCUT2D eigenvalue weighted by Crippen LogP contribution is 2.27. The first-order valence-electron chi connectivity index (χ1n) is 28.7. The molecule has 0 saturated carbocycles. The SMILES string of the molecule is CCCCC/C=C/C/C=C/C/C=C/C/C=C/CCCC(=O)O[C@@H](COC(=O)CCCCCCCCCCCCCCCCCCCCCC)CO[C@@H]1O[C@H](CO[C@@H]2O[C@H](CO)[C@H](O)C(O)C2O)[C@H](O)C(O)C1O. The Morgan fingerprint density at radius 2 is 0.836 bits per heavy atom. The third-order valence-electron chi connectivity index (χ3n) is 13.6. The Kier molecular flexibility index (Phi) is 40.6. The van der Waals surface area contributed by atoms with Crippen LogP contribution in [0.2, 0.25) is 0 Å². The molecule has 0 radical (unpaired) electrons. The van der Waals surface area contributed by atoms with Crippen molar-refractivity contribution < 1.29 is 73.8 Å². The van der Waals surface area contributed by atoms with Gasteiger partial charge in [0, 0.05) is 12.8 Å². The quantitative estimate of drug-likeness (QED) is 0.0171. The van der Waals surface area contributed by atoms with Gasteiger partial charge in [-0.1, -0.05) is 197 Å². The van der Waals surface area contributed by atoms with Crippen molar-refractivity contribution in [1.82, 2.24) is 0 Å². The van der Waals surface area contributed by atoms with Gasteiger partial charge in [-0.2, -0.15) is 0 Å². The van der Waals surface area contributed by atoms with Crippen LogP contribution in [-0.4, -0.2) is 142 Å². The van der Waals surface area contributed by atoms with Crippen molar-refractivity contribution >= 4 is 11.9 Å². The largest absolute Gasteiger partial charge is 0.462 e. The van der Waals surface area contributed by atoms with Gasteiger partial charge in [-0.3, -0.25) is 9.59 Å². The van der Waals surface area contributed by atoms with Crippen LogP contribution in [0.5, 0.6) is 0 Å². The fourth-order valence-electron chi connectivity index (χ4n) is 8.86. The lowest BCUT2D eigenvalue weighted by Crippen LogP contribution is -2.61. The van der Waals surface area contributed by atoms with Crippen molar-refractivity contribution in [2.24, 2.45) is 0 Å². The van der Waals surface area contributed by atoms with Crippen molar-refractivity contribution in [3.05, 3.63) is 48.6 Å². The summed E-state index contributed by atoms with van der Waals surface area (Å²) in [6.45, 7) is 2.53. The third kappa shape index (κ3) is 32.0. The zero-order chi connectivity index (χ0) is 53.2. The van der Waals surface area contributed by atoms with Gasteiger partial charge < -0.3 is 64.2 Å². The van der Waals surface area contributed by atoms with Crippen LogP contribution >= 0.6 is 0 Å². The normalized spacial score (nSPS) is 25.2. The minimum absolute atomic E-state index is 0.0900. The van der Waals surface area contributed by atoms with Crippen LogP contribution in [0.4, 0.5) is 0 Å². The number of hydrogen-bond acceptors (Lipinski definition) is 15. The number of esters is 2. The lowest BCUT2D eigenvalue weighted by Gasteiger charge is -2.42. The summed E-state index contributed by atoms with van der Waals surface area (Å²) in [6, 6.07) is 0. The molecule has 11 atom stereocenters. The Labute approximate surface area is 439 Å². The molecular formula is C58H102O15. The van der Waals surface area contributed by atoms with Crippen LogP contribution in [0.3, 0.4) is 0 Å². The molecule has 2 saturated heterocycles. The van der Waals surface area contributed by atoms with E-state index in [9.17, 15) is 45.3 Å². The number of ether oxygens (including phenoxy) is 6. The Morgan fingerprint density at radius 1 is 0.438 bits per heavy atom. The summed E-state index contributed by atoms with van der Waals surface area (Å²) < 4.78 is 33.6. The number of hydrogen-bond donors (Lipinski definition) is 7. The van der Waals surface area contributed by atoms with Crippen LogP contribution in [-0.2, 0) is 38.0 Å². The Hall–Kier alpha value is -2.54. The van der Waals surface area contributed by atoms with E-state index in [0.717, 1.165) is 44.9 Å². The predicted molar refractivity (Wildman–Crippen MR) is 284 cm³/mol. The van der Waals surface area contributed by atoms with E-state index in [1.54, 1.807) is 0 Å². The maximum Gasteiger partial charge on any atom is 0.306 e. The maximum absolute atomic E-state index is 13.0. The minimum Gasteiger partial charge on any atom is -0.462 e. The van der Waals surface area contributed by atoms with Crippen LogP contribution < -0.4 is 0 Å². The van der Waals surface area contributed by atoms with Crippen molar-refractivity contribution in [2.45, 2.75) is 280 Å². The fraction of sp³-hybridized carbons (Fsp3) is 0.828. The first-order chi connectivity index (χ1) is 35.5. The molecule has 0 amide bonds. The lowest BCUT2D eigenvalue weighted by molar-refractivity contribution is -0.332. The Bertz CT molecular complexity index is 1450. The van der Waals surface area contributed by atoms with Crippen molar-refractivity contribution in [2.75, 3.05) is 26.4 Å². The molecule has 2 aliphatic rings. The minimum atomic E-state index is -1.78. The molecule has 0 aromatic rings. The van der Waals surface area contributed by atoms with Gasteiger partial charge in [-0.05, 0) is 51.4 Å². The first-order valence-corrected chi connectivity index (χ1v) is 28.7. The summed E-state index contributed by atoms with van der Waals surface area (Å²) in [6.07, 6.45) is 34.3. The molecule has 0 aromatic carbocycles. The summed E-state index contributed by atoms with van der Waals surface area (Å²) in [5, 5.41) is 72.2. The summed E-state index contributed by atoms with van der Waals surface area (Å²) in [4.78, 5) is 25.8. The lowest BCUT2D eigenvalue weighted by atomic mass is 9.98. The fourth-order valence-corrected chi connectivity index (χ4v) is 8.86. The highest BCUT2D eigenvalue weighted by atomic mass is 16.7. The predicted octanol–water partition coefficient (Wildman–Crippen LogP) is 9.44. The van der Waals surface area contributed by atoms with Gasteiger partial charge in [0.05, 0.1) is 19.8 Å². The van der Waals surface area contributed by atoms with E-state index in [0.29, 0.717) is 19.3 Å². The summed E-state index contributed by atoms with van der Waals surface area (Å²) in [5.41, 5.74) is 0. The van der Waals surface area contributed by atoms with E-state index in [1.807, 2.05) is 12.2 Å². The average molecular weight is 1040 g/mol. The number of aliphatic hydroxyl groups is 7. The maximum atomic E-state index is 13.0. The highest BCUT2D eigenvalue weighted by molar-refractivity contribution is 5.70. The van der Waals surface area contributed by atoms with Crippen LogP contribution in [0.25, 0.3) is 0 Å². The molecule has 0 bridgehead atoms. The number of rotatable bonds is 45. The first kappa shape index (κ1) is 66.6. The molecule has 4 unspecified atom stereocenters. The molecule has 2 aliphatic heterocycles. The van der Waals surface area contributed by atoms with Crippen LogP contribution in [0.1, 0.15) is 213 Å². The van der Waals surface area contributed by atoms with Gasteiger partial charge in [-0.25, -0.2) is 0 Å². The number of allylic oxidation sites excluding steroid dienone is 8. The monoisotopic (exact) mass is 1040 g/mol. The standard InChI is InChI=1S/C58H102O15/c1-3-5-7-9-11-13-15-17-19-21-22-23-25-26-28-30-32-34-36-38-40-49(60)68-43-46(71-50(61)41-39-37-35-33-31-29-27-24-20-18-16-14-12-10-8-6-4-2)44-69-57-56(67)54(65)52(63)48(73-57)45-70-58-55(66)53(64)51(62)47(42-59)72-58/h12,14,18,20,27,29,33,35,46-48,51-59,62-67H,3-11,13,15-17,19,21-26,28,30-32,34,36-45H2,1-2H3/b14-12+,20-18+,29-27+,35-33+/t46-,47+,48+,51-,52-,53?,54?,55?,56?,57+,58+/m0/s1. The summed E-state index contributed by atoms with van der Waals surface area (Å²) in [7, 11) is 0. The van der Waals surface area contributed by atoms with Gasteiger partial charge in [-0.15, -0.1) is 0 Å².